The Hall–Kier alpha value is -1.62. The van der Waals surface area contributed by atoms with Crippen LogP contribution in [-0.4, -0.2) is 24.6 Å². The summed E-state index contributed by atoms with van der Waals surface area (Å²) in [5.74, 6) is -0.117. The second-order valence-corrected chi connectivity index (χ2v) is 2.80. The highest BCUT2D eigenvalue weighted by Gasteiger charge is 2.08. The third-order valence-electron chi connectivity index (χ3n) is 1.72. The molecule has 4 N–H and O–H groups in total. The molecule has 0 aromatic carbocycles. The predicted molar refractivity (Wildman–Crippen MR) is 52.7 cm³/mol. The average molecular weight is 195 g/mol. The fraction of sp³-hybridized carbons (Fsp3) is 0.333. The number of hydrogen-bond acceptors (Lipinski definition) is 5. The molecule has 1 rings (SSSR count). The number of ether oxygens (including phenoxy) is 1. The van der Waals surface area contributed by atoms with Gasteiger partial charge in [0.15, 0.2) is 0 Å². The van der Waals surface area contributed by atoms with Crippen molar-refractivity contribution in [3.05, 3.63) is 23.4 Å². The van der Waals surface area contributed by atoms with E-state index in [-0.39, 0.29) is 0 Å². The van der Waals surface area contributed by atoms with Crippen LogP contribution in [0.25, 0.3) is 0 Å². The van der Waals surface area contributed by atoms with E-state index in [0.717, 1.165) is 0 Å². The first-order valence-corrected chi connectivity index (χ1v) is 4.22. The Bertz CT molecular complexity index is 339. The lowest BCUT2D eigenvalue weighted by Crippen LogP contribution is -2.09. The lowest BCUT2D eigenvalue weighted by atomic mass is 10.2. The van der Waals surface area contributed by atoms with E-state index in [1.807, 2.05) is 0 Å². The molecule has 0 saturated carbocycles. The Balaban J connectivity index is 3.00. The molecule has 0 aliphatic carbocycles. The van der Waals surface area contributed by atoms with E-state index in [1.54, 1.807) is 6.07 Å². The molecule has 1 aromatic rings. The molecule has 0 radical (unpaired) electrons. The fourth-order valence-corrected chi connectivity index (χ4v) is 1.12. The van der Waals surface area contributed by atoms with Crippen LogP contribution in [0.5, 0.6) is 0 Å². The number of pyridine rings is 1. The van der Waals surface area contributed by atoms with Gasteiger partial charge in [-0.05, 0) is 18.7 Å². The Labute approximate surface area is 82.1 Å². The number of carbonyl (C=O) groups excluding carboxylic acids is 1. The molecule has 1 aromatic heterocycles. The summed E-state index contributed by atoms with van der Waals surface area (Å²) in [6.45, 7) is 0.469. The zero-order valence-corrected chi connectivity index (χ0v) is 7.99. The monoisotopic (exact) mass is 195 g/mol. The van der Waals surface area contributed by atoms with Crippen LogP contribution in [0.1, 0.15) is 16.1 Å². The van der Waals surface area contributed by atoms with E-state index >= 15 is 0 Å². The Morgan fingerprint density at radius 2 is 2.29 bits per heavy atom. The number of esters is 1. The SMILES string of the molecule is COC(=O)c1cc(N)nc(CCN)c1. The second kappa shape index (κ2) is 4.57. The van der Waals surface area contributed by atoms with Crippen LogP contribution in [0, 0.1) is 0 Å². The van der Waals surface area contributed by atoms with Gasteiger partial charge in [0.2, 0.25) is 0 Å². The van der Waals surface area contributed by atoms with Gasteiger partial charge in [0, 0.05) is 12.1 Å². The zero-order chi connectivity index (χ0) is 10.6. The van der Waals surface area contributed by atoms with Gasteiger partial charge in [0.1, 0.15) is 5.82 Å². The summed E-state index contributed by atoms with van der Waals surface area (Å²) in [4.78, 5) is 15.2. The Morgan fingerprint density at radius 1 is 1.57 bits per heavy atom. The van der Waals surface area contributed by atoms with Gasteiger partial charge in [-0.15, -0.1) is 0 Å². The molecule has 5 nitrogen and oxygen atoms in total. The zero-order valence-electron chi connectivity index (χ0n) is 7.99. The molecular formula is C9H13N3O2. The van der Waals surface area contributed by atoms with Crippen LogP contribution >= 0.6 is 0 Å². The maximum atomic E-state index is 11.2. The first-order chi connectivity index (χ1) is 6.67. The number of nitrogens with two attached hydrogens (primary N) is 2. The molecule has 0 atom stereocenters. The number of aromatic nitrogens is 1. The molecule has 1 heterocycles. The molecule has 0 aliphatic heterocycles. The summed E-state index contributed by atoms with van der Waals surface area (Å²) in [5.41, 5.74) is 12.0. The fourth-order valence-electron chi connectivity index (χ4n) is 1.12. The predicted octanol–water partition coefficient (Wildman–Crippen LogP) is -0.0484. The van der Waals surface area contributed by atoms with E-state index < -0.39 is 5.97 Å². The third kappa shape index (κ3) is 2.43. The second-order valence-electron chi connectivity index (χ2n) is 2.80. The summed E-state index contributed by atoms with van der Waals surface area (Å²) >= 11 is 0. The van der Waals surface area contributed by atoms with E-state index in [4.69, 9.17) is 11.5 Å². The normalized spacial score (nSPS) is 9.86. The van der Waals surface area contributed by atoms with Gasteiger partial charge in [-0.2, -0.15) is 0 Å². The highest BCUT2D eigenvalue weighted by Crippen LogP contribution is 2.09. The number of rotatable bonds is 3. The number of anilines is 1. The van der Waals surface area contributed by atoms with Gasteiger partial charge in [-0.3, -0.25) is 0 Å². The molecule has 0 spiro atoms. The quantitative estimate of drug-likeness (QED) is 0.660. The topological polar surface area (TPSA) is 91.2 Å². The molecule has 0 aliphatic rings. The molecule has 0 unspecified atom stereocenters. The Kier molecular flexibility index (Phi) is 3.41. The van der Waals surface area contributed by atoms with Crippen LogP contribution in [0.3, 0.4) is 0 Å². The summed E-state index contributed by atoms with van der Waals surface area (Å²) in [6.07, 6.45) is 0.592. The molecule has 0 saturated heterocycles. The minimum Gasteiger partial charge on any atom is -0.465 e. The molecular weight excluding hydrogens is 182 g/mol. The number of nitrogens with zero attached hydrogens (tertiary/aromatic N) is 1. The molecule has 14 heavy (non-hydrogen) atoms. The van der Waals surface area contributed by atoms with E-state index in [2.05, 4.69) is 9.72 Å². The summed E-state index contributed by atoms with van der Waals surface area (Å²) < 4.78 is 4.57. The van der Waals surface area contributed by atoms with Gasteiger partial charge in [-0.1, -0.05) is 0 Å². The van der Waals surface area contributed by atoms with Crippen molar-refractivity contribution in [2.75, 3.05) is 19.4 Å². The first-order valence-electron chi connectivity index (χ1n) is 4.22. The minimum atomic E-state index is -0.419. The largest absolute Gasteiger partial charge is 0.465 e. The van der Waals surface area contributed by atoms with E-state index in [1.165, 1.54) is 13.2 Å². The smallest absolute Gasteiger partial charge is 0.338 e. The van der Waals surface area contributed by atoms with Crippen molar-refractivity contribution < 1.29 is 9.53 Å². The van der Waals surface area contributed by atoms with Crippen molar-refractivity contribution in [2.45, 2.75) is 6.42 Å². The Morgan fingerprint density at radius 3 is 2.86 bits per heavy atom. The first kappa shape index (κ1) is 10.5. The maximum Gasteiger partial charge on any atom is 0.338 e. The summed E-state index contributed by atoms with van der Waals surface area (Å²) in [7, 11) is 1.32. The standard InChI is InChI=1S/C9H13N3O2/c1-14-9(13)6-4-7(2-3-10)12-8(11)5-6/h4-5H,2-3,10H2,1H3,(H2,11,12). The van der Waals surface area contributed by atoms with E-state index in [9.17, 15) is 4.79 Å². The van der Waals surface area contributed by atoms with Crippen LogP contribution in [0.4, 0.5) is 5.82 Å². The summed E-state index contributed by atoms with van der Waals surface area (Å²) in [5, 5.41) is 0. The highest BCUT2D eigenvalue weighted by atomic mass is 16.5. The molecule has 5 heteroatoms. The van der Waals surface area contributed by atoms with Crippen molar-refractivity contribution in [1.82, 2.24) is 4.98 Å². The van der Waals surface area contributed by atoms with Gasteiger partial charge in [0.05, 0.1) is 12.7 Å². The third-order valence-corrected chi connectivity index (χ3v) is 1.72. The van der Waals surface area contributed by atoms with Crippen molar-refractivity contribution >= 4 is 11.8 Å². The molecule has 0 amide bonds. The van der Waals surface area contributed by atoms with Gasteiger partial charge in [0.25, 0.3) is 0 Å². The molecule has 76 valence electrons. The van der Waals surface area contributed by atoms with Crippen molar-refractivity contribution in [1.29, 1.82) is 0 Å². The van der Waals surface area contributed by atoms with Crippen molar-refractivity contribution in [2.24, 2.45) is 5.73 Å². The van der Waals surface area contributed by atoms with Crippen LogP contribution in [-0.2, 0) is 11.2 Å². The number of nitrogen functional groups attached to an aromatic ring is 1. The van der Waals surface area contributed by atoms with Gasteiger partial charge >= 0.3 is 5.97 Å². The lowest BCUT2D eigenvalue weighted by Gasteiger charge is -2.03. The van der Waals surface area contributed by atoms with Crippen LogP contribution in [0.15, 0.2) is 12.1 Å². The number of methoxy groups -OCH3 is 1. The molecule has 0 bridgehead atoms. The van der Waals surface area contributed by atoms with Crippen LogP contribution < -0.4 is 11.5 Å². The average Bonchev–Trinajstić information content (AvgIpc) is 2.16. The van der Waals surface area contributed by atoms with Crippen LogP contribution in [0.2, 0.25) is 0 Å². The van der Waals surface area contributed by atoms with Gasteiger partial charge in [-0.25, -0.2) is 9.78 Å². The minimum absolute atomic E-state index is 0.302. The van der Waals surface area contributed by atoms with Crippen molar-refractivity contribution in [3.63, 3.8) is 0 Å². The molecule has 0 fully saturated rings. The van der Waals surface area contributed by atoms with Gasteiger partial charge < -0.3 is 16.2 Å². The maximum absolute atomic E-state index is 11.2. The van der Waals surface area contributed by atoms with Crippen molar-refractivity contribution in [3.8, 4) is 0 Å². The number of carbonyl (C=O) groups is 1. The number of hydrogen-bond donors (Lipinski definition) is 2. The summed E-state index contributed by atoms with van der Waals surface area (Å²) in [6, 6.07) is 3.11. The highest BCUT2D eigenvalue weighted by molar-refractivity contribution is 5.90. The van der Waals surface area contributed by atoms with E-state index in [0.29, 0.717) is 30.0 Å². The lowest BCUT2D eigenvalue weighted by molar-refractivity contribution is 0.0600.